The summed E-state index contributed by atoms with van der Waals surface area (Å²) >= 11 is 6.62. The second-order valence-electron chi connectivity index (χ2n) is 3.42. The van der Waals surface area contributed by atoms with E-state index in [1.54, 1.807) is 18.4 Å². The Morgan fingerprint density at radius 1 is 1.53 bits per heavy atom. The minimum absolute atomic E-state index is 0.136. The molecule has 0 spiro atoms. The first kappa shape index (κ1) is 15.8. The highest BCUT2D eigenvalue weighted by molar-refractivity contribution is 8.02. The zero-order valence-corrected chi connectivity index (χ0v) is 11.4. The van der Waals surface area contributed by atoms with Crippen LogP contribution >= 0.6 is 23.4 Å². The number of allylic oxidation sites excluding steroid dienone is 1. The molecule has 19 heavy (non-hydrogen) atoms. The van der Waals surface area contributed by atoms with Gasteiger partial charge >= 0.3 is 6.18 Å². The number of pyridine rings is 1. The van der Waals surface area contributed by atoms with Crippen molar-refractivity contribution in [3.8, 4) is 0 Å². The Morgan fingerprint density at radius 2 is 2.21 bits per heavy atom. The van der Waals surface area contributed by atoms with Gasteiger partial charge in [-0.15, -0.1) is 11.8 Å². The van der Waals surface area contributed by atoms with Gasteiger partial charge in [-0.05, 0) is 17.9 Å². The summed E-state index contributed by atoms with van der Waals surface area (Å²) in [4.78, 5) is 14.6. The Bertz CT molecular complexity index is 474. The fourth-order valence-corrected chi connectivity index (χ4v) is 1.64. The molecule has 1 heterocycles. The fourth-order valence-electron chi connectivity index (χ4n) is 1.08. The highest BCUT2D eigenvalue weighted by Gasteiger charge is 2.36. The van der Waals surface area contributed by atoms with Crippen molar-refractivity contribution in [3.05, 3.63) is 40.2 Å². The quantitative estimate of drug-likeness (QED) is 0.670. The van der Waals surface area contributed by atoms with Crippen molar-refractivity contribution >= 4 is 29.1 Å². The van der Waals surface area contributed by atoms with Crippen molar-refractivity contribution < 1.29 is 18.0 Å². The van der Waals surface area contributed by atoms with E-state index in [1.165, 1.54) is 6.20 Å². The number of halogens is 4. The summed E-state index contributed by atoms with van der Waals surface area (Å²) in [5.74, 6) is -1.89. The molecule has 0 saturated heterocycles. The summed E-state index contributed by atoms with van der Waals surface area (Å²) in [7, 11) is 0. The monoisotopic (exact) mass is 310 g/mol. The lowest BCUT2D eigenvalue weighted by Gasteiger charge is -2.09. The number of ketones is 1. The largest absolute Gasteiger partial charge is 0.454 e. The lowest BCUT2D eigenvalue weighted by molar-refractivity contribution is -0.165. The number of nitrogens with one attached hydrogen (secondary N) is 1. The number of carbonyl (C=O) groups excluding carboxylic acids is 1. The van der Waals surface area contributed by atoms with Gasteiger partial charge in [0.05, 0.1) is 5.03 Å². The predicted octanol–water partition coefficient (Wildman–Crippen LogP) is 3.16. The van der Waals surface area contributed by atoms with E-state index < -0.39 is 12.0 Å². The van der Waals surface area contributed by atoms with Crippen LogP contribution in [0.4, 0.5) is 13.2 Å². The van der Waals surface area contributed by atoms with E-state index in [4.69, 9.17) is 11.6 Å². The van der Waals surface area contributed by atoms with E-state index in [0.29, 0.717) is 11.2 Å². The molecule has 1 aromatic rings. The molecular formula is C11H10ClF3N2OS. The normalized spacial score (nSPS) is 12.4. The topological polar surface area (TPSA) is 42.0 Å². The van der Waals surface area contributed by atoms with Gasteiger partial charge in [0, 0.05) is 18.8 Å². The Hall–Kier alpha value is -1.21. The third-order valence-corrected chi connectivity index (χ3v) is 2.94. The maximum Gasteiger partial charge on any atom is 0.454 e. The molecule has 1 N–H and O–H groups in total. The van der Waals surface area contributed by atoms with Crippen LogP contribution in [0, 0.1) is 0 Å². The molecule has 0 aliphatic heterocycles. The van der Waals surface area contributed by atoms with E-state index in [9.17, 15) is 18.0 Å². The van der Waals surface area contributed by atoms with Gasteiger partial charge in [0.15, 0.2) is 0 Å². The first-order valence-corrected chi connectivity index (χ1v) is 6.64. The van der Waals surface area contributed by atoms with Crippen LogP contribution in [0.3, 0.4) is 0 Å². The number of thioether (sulfide) groups is 1. The predicted molar refractivity (Wildman–Crippen MR) is 68.7 cm³/mol. The molecule has 1 aromatic heterocycles. The van der Waals surface area contributed by atoms with E-state index in [-0.39, 0.29) is 11.6 Å². The van der Waals surface area contributed by atoms with Crippen molar-refractivity contribution in [1.29, 1.82) is 0 Å². The van der Waals surface area contributed by atoms with Crippen molar-refractivity contribution in [1.82, 2.24) is 10.3 Å². The van der Waals surface area contributed by atoms with Gasteiger partial charge in [-0.1, -0.05) is 17.7 Å². The number of carbonyl (C=O) groups is 1. The van der Waals surface area contributed by atoms with Gasteiger partial charge in [0.25, 0.3) is 5.78 Å². The first-order chi connectivity index (χ1) is 8.82. The van der Waals surface area contributed by atoms with Crippen LogP contribution in [-0.4, -0.2) is 23.2 Å². The summed E-state index contributed by atoms with van der Waals surface area (Å²) in [5, 5.41) is 3.19. The maximum atomic E-state index is 12.1. The molecule has 0 aromatic carbocycles. The molecule has 0 radical (unpaired) electrons. The van der Waals surface area contributed by atoms with Crippen molar-refractivity contribution in [3.63, 3.8) is 0 Å². The smallest absolute Gasteiger partial charge is 0.376 e. The molecule has 0 saturated carbocycles. The summed E-state index contributed by atoms with van der Waals surface area (Å²) in [6.45, 7) is 0.252. The van der Waals surface area contributed by atoms with Crippen LogP contribution in [0.2, 0.25) is 5.15 Å². The number of alkyl halides is 3. The van der Waals surface area contributed by atoms with Crippen molar-refractivity contribution in [2.24, 2.45) is 0 Å². The lowest BCUT2D eigenvalue weighted by atomic mass is 10.3. The second-order valence-corrected chi connectivity index (χ2v) is 4.65. The molecule has 0 amide bonds. The molecule has 0 fully saturated rings. The van der Waals surface area contributed by atoms with Gasteiger partial charge in [0.2, 0.25) is 0 Å². The zero-order valence-electron chi connectivity index (χ0n) is 9.79. The van der Waals surface area contributed by atoms with Crippen LogP contribution in [0.1, 0.15) is 5.56 Å². The minimum Gasteiger partial charge on any atom is -0.376 e. The summed E-state index contributed by atoms with van der Waals surface area (Å²) in [5.41, 5.74) is 0.740. The molecule has 8 heteroatoms. The first-order valence-electron chi connectivity index (χ1n) is 5.04. The zero-order chi connectivity index (χ0) is 14.5. The van der Waals surface area contributed by atoms with Crippen LogP contribution in [0.5, 0.6) is 0 Å². The molecule has 3 nitrogen and oxygen atoms in total. The number of hydrogen-bond donors (Lipinski definition) is 1. The van der Waals surface area contributed by atoms with Crippen molar-refractivity contribution in [2.45, 2.75) is 12.7 Å². The molecule has 104 valence electrons. The summed E-state index contributed by atoms with van der Waals surface area (Å²) in [6, 6.07) is 3.26. The van der Waals surface area contributed by atoms with Crippen LogP contribution < -0.4 is 5.32 Å². The SMILES string of the molecule is CSC(=CC(=O)C(F)(F)F)NCc1ccc(Cl)nc1. The van der Waals surface area contributed by atoms with E-state index in [2.05, 4.69) is 10.3 Å². The molecule has 0 bridgehead atoms. The molecule has 0 atom stereocenters. The minimum atomic E-state index is -4.86. The van der Waals surface area contributed by atoms with Gasteiger partial charge in [0.1, 0.15) is 5.15 Å². The van der Waals surface area contributed by atoms with Gasteiger partial charge in [-0.2, -0.15) is 13.2 Å². The maximum absolute atomic E-state index is 12.1. The van der Waals surface area contributed by atoms with E-state index in [0.717, 1.165) is 17.3 Å². The third kappa shape index (κ3) is 5.52. The number of hydrogen-bond acceptors (Lipinski definition) is 4. The highest BCUT2D eigenvalue weighted by Crippen LogP contribution is 2.19. The Morgan fingerprint density at radius 3 is 2.68 bits per heavy atom. The van der Waals surface area contributed by atoms with E-state index >= 15 is 0 Å². The van der Waals surface area contributed by atoms with Crippen LogP contribution in [0.15, 0.2) is 29.4 Å². The number of rotatable bonds is 5. The second kappa shape index (κ2) is 6.81. The number of aromatic nitrogens is 1. The number of nitrogens with zero attached hydrogens (tertiary/aromatic N) is 1. The van der Waals surface area contributed by atoms with Crippen molar-refractivity contribution in [2.75, 3.05) is 6.26 Å². The molecule has 0 aliphatic rings. The highest BCUT2D eigenvalue weighted by atomic mass is 35.5. The van der Waals surface area contributed by atoms with E-state index in [1.807, 2.05) is 0 Å². The lowest BCUT2D eigenvalue weighted by Crippen LogP contribution is -2.22. The Kier molecular flexibility index (Phi) is 5.68. The van der Waals surface area contributed by atoms with Crippen LogP contribution in [0.25, 0.3) is 0 Å². The van der Waals surface area contributed by atoms with Gasteiger partial charge < -0.3 is 5.32 Å². The summed E-state index contributed by atoms with van der Waals surface area (Å²) < 4.78 is 36.3. The van der Waals surface area contributed by atoms with Crippen LogP contribution in [-0.2, 0) is 11.3 Å². The Labute approximate surface area is 117 Å². The molecular weight excluding hydrogens is 301 g/mol. The summed E-state index contributed by atoms with van der Waals surface area (Å²) in [6.07, 6.45) is -1.25. The van der Waals surface area contributed by atoms with Gasteiger partial charge in [-0.25, -0.2) is 4.98 Å². The Balaban J connectivity index is 2.65. The fraction of sp³-hybridized carbons (Fsp3) is 0.273. The average Bonchev–Trinajstić information content (AvgIpc) is 2.35. The average molecular weight is 311 g/mol. The standard InChI is InChI=1S/C11H10ClF3N2OS/c1-19-10(4-8(18)11(13,14)15)17-6-7-2-3-9(12)16-5-7/h2-5,17H,6H2,1H3. The molecule has 0 aliphatic carbocycles. The molecule has 1 rings (SSSR count). The molecule has 0 unspecified atom stereocenters. The third-order valence-electron chi connectivity index (χ3n) is 2.02. The van der Waals surface area contributed by atoms with Gasteiger partial charge in [-0.3, -0.25) is 4.79 Å².